The second-order valence-corrected chi connectivity index (χ2v) is 4.19. The lowest BCUT2D eigenvalue weighted by Crippen LogP contribution is -2.14. The first-order valence-corrected chi connectivity index (χ1v) is 5.96. The maximum atomic E-state index is 11.1. The van der Waals surface area contributed by atoms with Gasteiger partial charge >= 0.3 is 0 Å². The van der Waals surface area contributed by atoms with E-state index in [4.69, 9.17) is 0 Å². The first kappa shape index (κ1) is 14.5. The SMILES string of the molecule is CNCc1ncnn1Cc1ccc([N+](=O)[O-])cc1[N+](=O)[O-]. The molecule has 1 aromatic carbocycles. The van der Waals surface area contributed by atoms with Crippen molar-refractivity contribution < 1.29 is 9.85 Å². The Bertz CT molecular complexity index is 683. The Balaban J connectivity index is 2.37. The largest absolute Gasteiger partial charge is 0.313 e. The van der Waals surface area contributed by atoms with Gasteiger partial charge in [0.25, 0.3) is 11.4 Å². The van der Waals surface area contributed by atoms with E-state index in [-0.39, 0.29) is 17.9 Å². The zero-order chi connectivity index (χ0) is 15.4. The van der Waals surface area contributed by atoms with E-state index < -0.39 is 9.85 Å². The monoisotopic (exact) mass is 292 g/mol. The molecule has 0 aliphatic heterocycles. The van der Waals surface area contributed by atoms with Gasteiger partial charge in [-0.25, -0.2) is 9.67 Å². The van der Waals surface area contributed by atoms with E-state index in [2.05, 4.69) is 15.4 Å². The smallest absolute Gasteiger partial charge is 0.281 e. The van der Waals surface area contributed by atoms with Gasteiger partial charge in [0, 0.05) is 6.07 Å². The van der Waals surface area contributed by atoms with Gasteiger partial charge in [0.1, 0.15) is 12.2 Å². The molecule has 2 rings (SSSR count). The molecule has 110 valence electrons. The van der Waals surface area contributed by atoms with E-state index in [1.165, 1.54) is 23.1 Å². The summed E-state index contributed by atoms with van der Waals surface area (Å²) in [6.07, 6.45) is 1.35. The highest BCUT2D eigenvalue weighted by atomic mass is 16.6. The van der Waals surface area contributed by atoms with Crippen molar-refractivity contribution in [3.05, 3.63) is 56.1 Å². The highest BCUT2D eigenvalue weighted by molar-refractivity contribution is 5.49. The average molecular weight is 292 g/mol. The van der Waals surface area contributed by atoms with Crippen molar-refractivity contribution in [1.29, 1.82) is 0 Å². The molecule has 1 heterocycles. The van der Waals surface area contributed by atoms with E-state index in [9.17, 15) is 20.2 Å². The molecule has 0 spiro atoms. The number of nitrogens with zero attached hydrogens (tertiary/aromatic N) is 5. The van der Waals surface area contributed by atoms with Crippen molar-refractivity contribution in [2.45, 2.75) is 13.1 Å². The summed E-state index contributed by atoms with van der Waals surface area (Å²) >= 11 is 0. The molecule has 0 bridgehead atoms. The van der Waals surface area contributed by atoms with Crippen molar-refractivity contribution in [2.75, 3.05) is 7.05 Å². The predicted octanol–water partition coefficient (Wildman–Crippen LogP) is 0.862. The Hall–Kier alpha value is -2.88. The molecular weight excluding hydrogens is 280 g/mol. The molecule has 21 heavy (non-hydrogen) atoms. The number of hydrogen-bond donors (Lipinski definition) is 1. The number of benzene rings is 1. The van der Waals surface area contributed by atoms with Gasteiger partial charge in [-0.2, -0.15) is 5.10 Å². The van der Waals surface area contributed by atoms with E-state index in [1.807, 2.05) is 0 Å². The van der Waals surface area contributed by atoms with E-state index in [0.717, 1.165) is 6.07 Å². The summed E-state index contributed by atoms with van der Waals surface area (Å²) in [7, 11) is 1.74. The minimum absolute atomic E-state index is 0.116. The second-order valence-electron chi connectivity index (χ2n) is 4.19. The molecule has 0 radical (unpaired) electrons. The van der Waals surface area contributed by atoms with Crippen LogP contribution < -0.4 is 5.32 Å². The van der Waals surface area contributed by atoms with E-state index in [1.54, 1.807) is 7.05 Å². The third-order valence-electron chi connectivity index (χ3n) is 2.83. The van der Waals surface area contributed by atoms with Crippen LogP contribution in [0.5, 0.6) is 0 Å². The predicted molar refractivity (Wildman–Crippen MR) is 71.6 cm³/mol. The number of non-ortho nitro benzene ring substituents is 1. The number of nitro groups is 2. The molecule has 0 saturated carbocycles. The summed E-state index contributed by atoms with van der Waals surface area (Å²) in [5.41, 5.74) is -0.303. The highest BCUT2D eigenvalue weighted by Gasteiger charge is 2.20. The van der Waals surface area contributed by atoms with Gasteiger partial charge in [-0.05, 0) is 13.1 Å². The lowest BCUT2D eigenvalue weighted by Gasteiger charge is -2.06. The molecule has 10 nitrogen and oxygen atoms in total. The minimum Gasteiger partial charge on any atom is -0.313 e. The summed E-state index contributed by atoms with van der Waals surface area (Å²) < 4.78 is 1.50. The van der Waals surface area contributed by atoms with Gasteiger partial charge < -0.3 is 5.32 Å². The Morgan fingerprint density at radius 1 is 1.29 bits per heavy atom. The zero-order valence-electron chi connectivity index (χ0n) is 11.1. The Kier molecular flexibility index (Phi) is 4.18. The van der Waals surface area contributed by atoms with Gasteiger partial charge in [0.05, 0.1) is 34.6 Å². The Morgan fingerprint density at radius 3 is 2.67 bits per heavy atom. The lowest BCUT2D eigenvalue weighted by molar-refractivity contribution is -0.394. The normalized spacial score (nSPS) is 10.5. The molecule has 0 atom stereocenters. The summed E-state index contributed by atoms with van der Waals surface area (Å²) in [4.78, 5) is 24.5. The third kappa shape index (κ3) is 3.17. The first-order valence-electron chi connectivity index (χ1n) is 5.96. The number of rotatable bonds is 6. The molecule has 0 aliphatic carbocycles. The summed E-state index contributed by atoms with van der Waals surface area (Å²) in [6, 6.07) is 3.54. The molecule has 0 saturated heterocycles. The average Bonchev–Trinajstić information content (AvgIpc) is 2.86. The fourth-order valence-electron chi connectivity index (χ4n) is 1.85. The first-order chi connectivity index (χ1) is 10.0. The maximum Gasteiger partial charge on any atom is 0.281 e. The van der Waals surface area contributed by atoms with Crippen LogP contribution in [-0.4, -0.2) is 31.7 Å². The van der Waals surface area contributed by atoms with Crippen molar-refractivity contribution in [2.24, 2.45) is 0 Å². The van der Waals surface area contributed by atoms with Crippen LogP contribution in [0.2, 0.25) is 0 Å². The molecular formula is C11H12N6O4. The van der Waals surface area contributed by atoms with E-state index in [0.29, 0.717) is 17.9 Å². The third-order valence-corrected chi connectivity index (χ3v) is 2.83. The van der Waals surface area contributed by atoms with Gasteiger partial charge in [-0.1, -0.05) is 0 Å². The number of hydrogen-bond acceptors (Lipinski definition) is 7. The standard InChI is InChI=1S/C11H12N6O4/c1-12-5-11-13-7-14-15(11)6-8-2-3-9(16(18)19)4-10(8)17(20)21/h2-4,7,12H,5-6H2,1H3. The van der Waals surface area contributed by atoms with Crippen molar-refractivity contribution >= 4 is 11.4 Å². The van der Waals surface area contributed by atoms with Gasteiger partial charge in [-0.15, -0.1) is 0 Å². The minimum atomic E-state index is -0.668. The summed E-state index contributed by atoms with van der Waals surface area (Å²) in [6.45, 7) is 0.575. The van der Waals surface area contributed by atoms with Crippen LogP contribution in [0.3, 0.4) is 0 Å². The molecule has 0 fully saturated rings. The van der Waals surface area contributed by atoms with Gasteiger partial charge in [0.15, 0.2) is 0 Å². The fraction of sp³-hybridized carbons (Fsp3) is 0.273. The molecule has 1 aromatic heterocycles. The number of nitrogens with one attached hydrogen (secondary N) is 1. The van der Waals surface area contributed by atoms with Crippen LogP contribution >= 0.6 is 0 Å². The molecule has 2 aromatic rings. The van der Waals surface area contributed by atoms with Crippen LogP contribution in [0.15, 0.2) is 24.5 Å². The second kappa shape index (κ2) is 6.05. The van der Waals surface area contributed by atoms with Crippen LogP contribution in [0, 0.1) is 20.2 Å². The molecule has 0 amide bonds. The topological polar surface area (TPSA) is 129 Å². The highest BCUT2D eigenvalue weighted by Crippen LogP contribution is 2.25. The quantitative estimate of drug-likeness (QED) is 0.617. The molecule has 0 aliphatic rings. The Labute approximate surface area is 118 Å². The van der Waals surface area contributed by atoms with Gasteiger partial charge in [-0.3, -0.25) is 20.2 Å². The van der Waals surface area contributed by atoms with Crippen LogP contribution in [0.4, 0.5) is 11.4 Å². The van der Waals surface area contributed by atoms with Crippen molar-refractivity contribution in [3.8, 4) is 0 Å². The lowest BCUT2D eigenvalue weighted by atomic mass is 10.1. The molecule has 0 unspecified atom stereocenters. The van der Waals surface area contributed by atoms with Crippen molar-refractivity contribution in [3.63, 3.8) is 0 Å². The van der Waals surface area contributed by atoms with Crippen LogP contribution in [0.25, 0.3) is 0 Å². The van der Waals surface area contributed by atoms with E-state index >= 15 is 0 Å². The zero-order valence-corrected chi connectivity index (χ0v) is 11.1. The van der Waals surface area contributed by atoms with Crippen LogP contribution in [-0.2, 0) is 13.1 Å². The summed E-state index contributed by atoms with van der Waals surface area (Å²) in [5.74, 6) is 0.616. The van der Waals surface area contributed by atoms with Gasteiger partial charge in [0.2, 0.25) is 0 Å². The maximum absolute atomic E-state index is 11.1. The fourth-order valence-corrected chi connectivity index (χ4v) is 1.85. The summed E-state index contributed by atoms with van der Waals surface area (Å²) in [5, 5.41) is 28.7. The molecule has 1 N–H and O–H groups in total. The Morgan fingerprint density at radius 2 is 2.05 bits per heavy atom. The van der Waals surface area contributed by atoms with Crippen molar-refractivity contribution in [1.82, 2.24) is 20.1 Å². The number of nitro benzene ring substituents is 2. The molecule has 10 heteroatoms. The number of aromatic nitrogens is 3. The van der Waals surface area contributed by atoms with Crippen LogP contribution in [0.1, 0.15) is 11.4 Å².